The first kappa shape index (κ1) is 22.9. The molecule has 0 bridgehead atoms. The Morgan fingerprint density at radius 1 is 0.971 bits per heavy atom. The Morgan fingerprint density at radius 3 is 2.54 bits per heavy atom. The van der Waals surface area contributed by atoms with Crippen molar-refractivity contribution in [2.45, 2.75) is 13.5 Å². The number of rotatable bonds is 8. The summed E-state index contributed by atoms with van der Waals surface area (Å²) in [6.45, 7) is 7.75. The van der Waals surface area contributed by atoms with Crippen molar-refractivity contribution in [2.75, 3.05) is 44.2 Å². The highest BCUT2D eigenvalue weighted by atomic mass is 16.5. The fourth-order valence-electron chi connectivity index (χ4n) is 4.50. The summed E-state index contributed by atoms with van der Waals surface area (Å²) in [6.07, 6.45) is 3.93. The number of hydrogen-bond acceptors (Lipinski definition) is 5. The number of carbonyl (C=O) groups is 1. The largest absolute Gasteiger partial charge is 0.486 e. The number of pyridine rings is 1. The molecule has 1 aliphatic heterocycles. The molecular formula is C28H31N5O2. The SMILES string of the molecule is Cc1cccn2cc(COc3ccccc3C(=O)NCCN3CCN(c4ccccc4)CC3)nc12. The minimum atomic E-state index is -0.116. The number of aryl methyl sites for hydroxylation is 1. The zero-order chi connectivity index (χ0) is 24.0. The zero-order valence-corrected chi connectivity index (χ0v) is 20.1. The Morgan fingerprint density at radius 2 is 1.74 bits per heavy atom. The van der Waals surface area contributed by atoms with Crippen molar-refractivity contribution >= 4 is 17.2 Å². The average Bonchev–Trinajstić information content (AvgIpc) is 3.33. The van der Waals surface area contributed by atoms with Crippen LogP contribution in [-0.4, -0.2) is 59.5 Å². The predicted octanol–water partition coefficient (Wildman–Crippen LogP) is 3.77. The van der Waals surface area contributed by atoms with E-state index < -0.39 is 0 Å². The van der Waals surface area contributed by atoms with E-state index in [0.29, 0.717) is 24.5 Å². The van der Waals surface area contributed by atoms with E-state index >= 15 is 0 Å². The van der Waals surface area contributed by atoms with E-state index in [4.69, 9.17) is 4.74 Å². The summed E-state index contributed by atoms with van der Waals surface area (Å²) in [5.74, 6) is 0.449. The predicted molar refractivity (Wildman–Crippen MR) is 138 cm³/mol. The first-order valence-electron chi connectivity index (χ1n) is 12.1. The van der Waals surface area contributed by atoms with Crippen LogP contribution in [0.3, 0.4) is 0 Å². The normalized spacial score (nSPS) is 14.3. The highest BCUT2D eigenvalue weighted by Gasteiger charge is 2.18. The molecule has 1 amide bonds. The Kier molecular flexibility index (Phi) is 6.95. The van der Waals surface area contributed by atoms with Crippen LogP contribution < -0.4 is 15.0 Å². The molecule has 0 spiro atoms. The van der Waals surface area contributed by atoms with Crippen LogP contribution in [0, 0.1) is 6.92 Å². The molecule has 1 aliphatic rings. The first-order chi connectivity index (χ1) is 17.2. The molecule has 4 aromatic rings. The molecule has 0 atom stereocenters. The molecule has 0 radical (unpaired) electrons. The number of imidazole rings is 1. The summed E-state index contributed by atoms with van der Waals surface area (Å²) < 4.78 is 8.00. The smallest absolute Gasteiger partial charge is 0.255 e. The van der Waals surface area contributed by atoms with Crippen LogP contribution in [0.15, 0.2) is 79.1 Å². The molecule has 7 heteroatoms. The van der Waals surface area contributed by atoms with Crippen LogP contribution in [0.2, 0.25) is 0 Å². The Labute approximate surface area is 206 Å². The van der Waals surface area contributed by atoms with E-state index in [1.165, 1.54) is 5.69 Å². The highest BCUT2D eigenvalue weighted by Crippen LogP contribution is 2.20. The van der Waals surface area contributed by atoms with Crippen molar-refractivity contribution in [3.63, 3.8) is 0 Å². The van der Waals surface area contributed by atoms with Gasteiger partial charge in [0.2, 0.25) is 0 Å². The van der Waals surface area contributed by atoms with Gasteiger partial charge in [0.25, 0.3) is 5.91 Å². The second-order valence-corrected chi connectivity index (χ2v) is 8.86. The summed E-state index contributed by atoms with van der Waals surface area (Å²) in [5.41, 5.74) is 4.67. The molecule has 180 valence electrons. The standard InChI is InChI=1S/C28H31N5O2/c1-22-8-7-14-33-20-23(30-27(22)33)21-35-26-12-6-5-11-25(26)28(34)29-13-15-31-16-18-32(19-17-31)24-9-3-2-4-10-24/h2-12,14,20H,13,15-19,21H2,1H3,(H,29,34). The molecule has 35 heavy (non-hydrogen) atoms. The monoisotopic (exact) mass is 469 g/mol. The first-order valence-corrected chi connectivity index (χ1v) is 12.1. The third-order valence-electron chi connectivity index (χ3n) is 6.44. The topological polar surface area (TPSA) is 62.1 Å². The molecule has 0 saturated carbocycles. The molecule has 7 nitrogen and oxygen atoms in total. The Hall–Kier alpha value is -3.84. The number of amides is 1. The van der Waals surface area contributed by atoms with Gasteiger partial charge >= 0.3 is 0 Å². The summed E-state index contributed by atoms with van der Waals surface area (Å²) in [5, 5.41) is 3.06. The minimum Gasteiger partial charge on any atom is -0.486 e. The van der Waals surface area contributed by atoms with E-state index in [-0.39, 0.29) is 5.91 Å². The van der Waals surface area contributed by atoms with Crippen LogP contribution in [0.25, 0.3) is 5.65 Å². The number of nitrogens with one attached hydrogen (secondary N) is 1. The van der Waals surface area contributed by atoms with Crippen molar-refractivity contribution in [3.05, 3.63) is 95.9 Å². The van der Waals surface area contributed by atoms with Crippen molar-refractivity contribution in [1.82, 2.24) is 19.6 Å². The van der Waals surface area contributed by atoms with Crippen LogP contribution in [-0.2, 0) is 6.61 Å². The van der Waals surface area contributed by atoms with Crippen LogP contribution >= 0.6 is 0 Å². The Bertz CT molecular complexity index is 1280. The number of aromatic nitrogens is 2. The summed E-state index contributed by atoms with van der Waals surface area (Å²) in [6, 6.07) is 21.9. The van der Waals surface area contributed by atoms with Gasteiger partial charge < -0.3 is 19.4 Å². The number of fused-ring (bicyclic) bond motifs is 1. The number of carbonyl (C=O) groups excluding carboxylic acids is 1. The van der Waals surface area contributed by atoms with E-state index in [0.717, 1.165) is 49.6 Å². The Balaban J connectivity index is 1.12. The summed E-state index contributed by atoms with van der Waals surface area (Å²) >= 11 is 0. The second-order valence-electron chi connectivity index (χ2n) is 8.86. The average molecular weight is 470 g/mol. The van der Waals surface area contributed by atoms with Crippen molar-refractivity contribution < 1.29 is 9.53 Å². The zero-order valence-electron chi connectivity index (χ0n) is 20.1. The lowest BCUT2D eigenvalue weighted by molar-refractivity contribution is 0.0943. The van der Waals surface area contributed by atoms with Gasteiger partial charge in [0.05, 0.1) is 11.3 Å². The van der Waals surface area contributed by atoms with Crippen molar-refractivity contribution in [1.29, 1.82) is 0 Å². The number of anilines is 1. The lowest BCUT2D eigenvalue weighted by Gasteiger charge is -2.36. The molecule has 0 aliphatic carbocycles. The number of benzene rings is 2. The number of para-hydroxylation sites is 2. The number of ether oxygens (including phenoxy) is 1. The van der Waals surface area contributed by atoms with Crippen molar-refractivity contribution in [3.8, 4) is 5.75 Å². The van der Waals surface area contributed by atoms with Crippen molar-refractivity contribution in [2.24, 2.45) is 0 Å². The van der Waals surface area contributed by atoms with Gasteiger partial charge in [-0.25, -0.2) is 4.98 Å². The molecular weight excluding hydrogens is 438 g/mol. The van der Waals surface area contributed by atoms with Gasteiger partial charge in [-0.15, -0.1) is 0 Å². The molecule has 0 unspecified atom stereocenters. The molecule has 2 aromatic carbocycles. The molecule has 1 N–H and O–H groups in total. The van der Waals surface area contributed by atoms with E-state index in [1.807, 2.05) is 60.1 Å². The molecule has 1 fully saturated rings. The van der Waals surface area contributed by atoms with Crippen LogP contribution in [0.1, 0.15) is 21.6 Å². The van der Waals surface area contributed by atoms with E-state index in [1.54, 1.807) is 6.07 Å². The number of hydrogen-bond donors (Lipinski definition) is 1. The minimum absolute atomic E-state index is 0.116. The summed E-state index contributed by atoms with van der Waals surface area (Å²) in [4.78, 5) is 22.4. The van der Waals surface area contributed by atoms with E-state index in [9.17, 15) is 4.79 Å². The fraction of sp³-hybridized carbons (Fsp3) is 0.286. The van der Waals surface area contributed by atoms with Crippen LogP contribution in [0.5, 0.6) is 5.75 Å². The second kappa shape index (κ2) is 10.6. The highest BCUT2D eigenvalue weighted by molar-refractivity contribution is 5.96. The fourth-order valence-corrected chi connectivity index (χ4v) is 4.50. The molecule has 5 rings (SSSR count). The van der Waals surface area contributed by atoms with Crippen LogP contribution in [0.4, 0.5) is 5.69 Å². The molecule has 2 aromatic heterocycles. The van der Waals surface area contributed by atoms with Gasteiger partial charge in [-0.2, -0.15) is 0 Å². The number of nitrogens with zero attached hydrogens (tertiary/aromatic N) is 4. The molecule has 1 saturated heterocycles. The van der Waals surface area contributed by atoms with Gasteiger partial charge in [-0.1, -0.05) is 36.4 Å². The quantitative estimate of drug-likeness (QED) is 0.426. The van der Waals surface area contributed by atoms with Gasteiger partial charge in [0.1, 0.15) is 18.0 Å². The van der Waals surface area contributed by atoms with Gasteiger partial charge in [0, 0.05) is 57.3 Å². The summed E-state index contributed by atoms with van der Waals surface area (Å²) in [7, 11) is 0. The molecule has 3 heterocycles. The van der Waals surface area contributed by atoms with Gasteiger partial charge in [-0.3, -0.25) is 9.69 Å². The van der Waals surface area contributed by atoms with Gasteiger partial charge in [0.15, 0.2) is 0 Å². The lowest BCUT2D eigenvalue weighted by atomic mass is 10.2. The third-order valence-corrected chi connectivity index (χ3v) is 6.44. The maximum atomic E-state index is 12.9. The van der Waals surface area contributed by atoms with Gasteiger partial charge in [-0.05, 0) is 42.8 Å². The maximum absolute atomic E-state index is 12.9. The third kappa shape index (κ3) is 5.46. The van der Waals surface area contributed by atoms with E-state index in [2.05, 4.69) is 44.4 Å². The number of piperazine rings is 1. The maximum Gasteiger partial charge on any atom is 0.255 e. The lowest BCUT2D eigenvalue weighted by Crippen LogP contribution is -2.48.